The second-order valence-corrected chi connectivity index (χ2v) is 7.91. The van der Waals surface area contributed by atoms with Crippen LogP contribution in [0.3, 0.4) is 0 Å². The molecule has 0 heterocycles. The van der Waals surface area contributed by atoms with Crippen molar-refractivity contribution in [1.82, 2.24) is 0 Å². The Balaban J connectivity index is 3.81. The number of rotatable bonds is 19. The molecule has 0 rings (SSSR count). The molecule has 0 saturated heterocycles. The molecule has 3 atom stereocenters. The Hall–Kier alpha value is -0.140. The summed E-state index contributed by atoms with van der Waals surface area (Å²) in [4.78, 5) is 12.2. The van der Waals surface area contributed by atoms with Crippen molar-refractivity contribution in [2.45, 2.75) is 123 Å². The van der Waals surface area contributed by atoms with Gasteiger partial charge in [0.2, 0.25) is 0 Å². The van der Waals surface area contributed by atoms with E-state index >= 15 is 0 Å². The molecule has 156 valence electrons. The van der Waals surface area contributed by atoms with Crippen LogP contribution in [0.15, 0.2) is 0 Å². The second kappa shape index (κ2) is 19.6. The van der Waals surface area contributed by atoms with Crippen LogP contribution >= 0.6 is 9.47 Å². The SMILES string of the molecule is CCCCCCCCCCC(CC)COC(=O)C(CCCCCC)OP. The maximum absolute atomic E-state index is 12.2. The van der Waals surface area contributed by atoms with Gasteiger partial charge in [-0.05, 0) is 18.8 Å². The number of carbonyl (C=O) groups is 1. The van der Waals surface area contributed by atoms with E-state index in [1.165, 1.54) is 70.6 Å². The molecular formula is C22H45O3P. The largest absolute Gasteiger partial charge is 0.463 e. The van der Waals surface area contributed by atoms with Gasteiger partial charge in [-0.25, -0.2) is 4.79 Å². The van der Waals surface area contributed by atoms with E-state index in [0.29, 0.717) is 12.5 Å². The molecule has 3 nitrogen and oxygen atoms in total. The minimum Gasteiger partial charge on any atom is -0.463 e. The zero-order valence-electron chi connectivity index (χ0n) is 17.8. The van der Waals surface area contributed by atoms with E-state index in [2.05, 4.69) is 30.2 Å². The fraction of sp³-hybridized carbons (Fsp3) is 0.955. The lowest BCUT2D eigenvalue weighted by atomic mass is 9.98. The van der Waals surface area contributed by atoms with Crippen LogP contribution < -0.4 is 0 Å². The molecule has 3 unspecified atom stereocenters. The summed E-state index contributed by atoms with van der Waals surface area (Å²) in [6.07, 6.45) is 17.9. The van der Waals surface area contributed by atoms with Crippen LogP contribution in [0.5, 0.6) is 0 Å². The normalized spacial score (nSPS) is 13.5. The average Bonchev–Trinajstić information content (AvgIpc) is 2.66. The third-order valence-electron chi connectivity index (χ3n) is 5.25. The van der Waals surface area contributed by atoms with E-state index in [1.807, 2.05) is 0 Å². The van der Waals surface area contributed by atoms with Gasteiger partial charge in [-0.15, -0.1) is 0 Å². The van der Waals surface area contributed by atoms with Gasteiger partial charge in [0.05, 0.1) is 6.61 Å². The molecule has 0 radical (unpaired) electrons. The van der Waals surface area contributed by atoms with Crippen molar-refractivity contribution in [1.29, 1.82) is 0 Å². The Morgan fingerprint density at radius 1 is 0.769 bits per heavy atom. The maximum Gasteiger partial charge on any atom is 0.335 e. The van der Waals surface area contributed by atoms with Crippen molar-refractivity contribution < 1.29 is 14.1 Å². The maximum atomic E-state index is 12.2. The first kappa shape index (κ1) is 25.9. The molecule has 0 fully saturated rings. The van der Waals surface area contributed by atoms with E-state index in [-0.39, 0.29) is 5.97 Å². The highest BCUT2D eigenvalue weighted by atomic mass is 31.0. The lowest BCUT2D eigenvalue weighted by Crippen LogP contribution is -2.26. The van der Waals surface area contributed by atoms with Gasteiger partial charge in [0.1, 0.15) is 0 Å². The molecule has 0 N–H and O–H groups in total. The molecule has 0 bridgehead atoms. The quantitative estimate of drug-likeness (QED) is 0.133. The third kappa shape index (κ3) is 15.0. The molecule has 0 aromatic rings. The molecule has 0 aliphatic heterocycles. The van der Waals surface area contributed by atoms with E-state index in [1.54, 1.807) is 0 Å². The van der Waals surface area contributed by atoms with Gasteiger partial charge in [-0.1, -0.05) is 104 Å². The molecule has 0 spiro atoms. The first-order valence-corrected chi connectivity index (χ1v) is 11.7. The first-order chi connectivity index (χ1) is 12.7. The molecular weight excluding hydrogens is 343 g/mol. The first-order valence-electron chi connectivity index (χ1n) is 11.2. The number of esters is 1. The topological polar surface area (TPSA) is 35.5 Å². The zero-order valence-corrected chi connectivity index (χ0v) is 18.9. The van der Waals surface area contributed by atoms with Gasteiger partial charge < -0.3 is 9.26 Å². The van der Waals surface area contributed by atoms with Crippen molar-refractivity contribution in [3.05, 3.63) is 0 Å². The third-order valence-corrected chi connectivity index (χ3v) is 5.58. The van der Waals surface area contributed by atoms with Gasteiger partial charge in [0.15, 0.2) is 6.10 Å². The van der Waals surface area contributed by atoms with Crippen molar-refractivity contribution in [2.24, 2.45) is 5.92 Å². The monoisotopic (exact) mass is 388 g/mol. The Bertz CT molecular complexity index is 310. The number of hydrogen-bond donors (Lipinski definition) is 0. The minimum atomic E-state index is -0.419. The van der Waals surface area contributed by atoms with Crippen LogP contribution in [-0.2, 0) is 14.1 Å². The summed E-state index contributed by atoms with van der Waals surface area (Å²) in [5.74, 6) is 0.301. The number of hydrogen-bond acceptors (Lipinski definition) is 3. The molecule has 4 heteroatoms. The summed E-state index contributed by atoms with van der Waals surface area (Å²) in [5.41, 5.74) is 0. The molecule has 0 aromatic heterocycles. The van der Waals surface area contributed by atoms with Gasteiger partial charge in [-0.3, -0.25) is 0 Å². The molecule has 0 aromatic carbocycles. The van der Waals surface area contributed by atoms with E-state index in [0.717, 1.165) is 25.7 Å². The number of unbranched alkanes of at least 4 members (excludes halogenated alkanes) is 10. The fourth-order valence-corrected chi connectivity index (χ4v) is 3.51. The average molecular weight is 389 g/mol. The van der Waals surface area contributed by atoms with Gasteiger partial charge >= 0.3 is 5.97 Å². The highest BCUT2D eigenvalue weighted by molar-refractivity contribution is 7.09. The van der Waals surface area contributed by atoms with Crippen molar-refractivity contribution in [3.8, 4) is 0 Å². The Morgan fingerprint density at radius 2 is 1.27 bits per heavy atom. The zero-order chi connectivity index (χ0) is 19.5. The van der Waals surface area contributed by atoms with Gasteiger partial charge in [0, 0.05) is 9.47 Å². The van der Waals surface area contributed by atoms with E-state index in [4.69, 9.17) is 9.26 Å². The summed E-state index contributed by atoms with van der Waals surface area (Å²) in [7, 11) is 2.23. The molecule has 0 saturated carbocycles. The Labute approximate surface area is 165 Å². The van der Waals surface area contributed by atoms with Crippen LogP contribution in [0.25, 0.3) is 0 Å². The number of carbonyl (C=O) groups excluding carboxylic acids is 1. The Morgan fingerprint density at radius 3 is 1.81 bits per heavy atom. The van der Waals surface area contributed by atoms with Crippen LogP contribution in [-0.4, -0.2) is 18.7 Å². The predicted octanol–water partition coefficient (Wildman–Crippen LogP) is 7.23. The predicted molar refractivity (Wildman–Crippen MR) is 115 cm³/mol. The summed E-state index contributed by atoms with van der Waals surface area (Å²) < 4.78 is 10.8. The van der Waals surface area contributed by atoms with Crippen molar-refractivity contribution >= 4 is 15.4 Å². The summed E-state index contributed by atoms with van der Waals surface area (Å²) in [5, 5.41) is 0. The van der Waals surface area contributed by atoms with Crippen molar-refractivity contribution in [2.75, 3.05) is 6.61 Å². The fourth-order valence-electron chi connectivity index (χ4n) is 3.26. The van der Waals surface area contributed by atoms with Crippen LogP contribution in [0.4, 0.5) is 0 Å². The van der Waals surface area contributed by atoms with E-state index < -0.39 is 6.10 Å². The summed E-state index contributed by atoms with van der Waals surface area (Å²) >= 11 is 0. The molecule has 0 aliphatic rings. The van der Waals surface area contributed by atoms with Gasteiger partial charge in [0.25, 0.3) is 0 Å². The van der Waals surface area contributed by atoms with Crippen LogP contribution in [0, 0.1) is 5.92 Å². The standard InChI is InChI=1S/C22H45O3P/c1-4-7-9-11-12-13-14-15-17-20(6-3)19-24-22(23)21(25-26)18-16-10-8-5-2/h20-21H,4-19,26H2,1-3H3. The highest BCUT2D eigenvalue weighted by Gasteiger charge is 2.20. The summed E-state index contributed by atoms with van der Waals surface area (Å²) in [6, 6.07) is 0. The van der Waals surface area contributed by atoms with Crippen LogP contribution in [0.2, 0.25) is 0 Å². The second-order valence-electron chi connectivity index (χ2n) is 7.64. The van der Waals surface area contributed by atoms with E-state index in [9.17, 15) is 4.79 Å². The minimum absolute atomic E-state index is 0.189. The Kier molecular flexibility index (Phi) is 19.5. The number of ether oxygens (including phenoxy) is 1. The smallest absolute Gasteiger partial charge is 0.335 e. The lowest BCUT2D eigenvalue weighted by molar-refractivity contribution is -0.153. The lowest BCUT2D eigenvalue weighted by Gasteiger charge is -2.18. The van der Waals surface area contributed by atoms with Crippen molar-refractivity contribution in [3.63, 3.8) is 0 Å². The molecule has 26 heavy (non-hydrogen) atoms. The highest BCUT2D eigenvalue weighted by Crippen LogP contribution is 2.18. The van der Waals surface area contributed by atoms with Gasteiger partial charge in [-0.2, -0.15) is 0 Å². The molecule has 0 aliphatic carbocycles. The molecule has 0 amide bonds. The summed E-state index contributed by atoms with van der Waals surface area (Å²) in [6.45, 7) is 7.19. The van der Waals surface area contributed by atoms with Crippen LogP contribution in [0.1, 0.15) is 117 Å².